The zero-order chi connectivity index (χ0) is 23.2. The number of ether oxygens (including phenoxy) is 3. The van der Waals surface area contributed by atoms with E-state index in [4.69, 9.17) is 14.2 Å². The van der Waals surface area contributed by atoms with Crippen LogP contribution >= 0.6 is 0 Å². The van der Waals surface area contributed by atoms with E-state index in [0.29, 0.717) is 49.5 Å². The molecule has 1 aliphatic carbocycles. The minimum absolute atomic E-state index is 0.119. The number of anilines is 1. The van der Waals surface area contributed by atoms with Gasteiger partial charge in [0.25, 0.3) is 0 Å². The van der Waals surface area contributed by atoms with Crippen molar-refractivity contribution >= 4 is 11.7 Å². The summed E-state index contributed by atoms with van der Waals surface area (Å²) in [6.07, 6.45) is 1.19. The van der Waals surface area contributed by atoms with Gasteiger partial charge in [0, 0.05) is 24.8 Å². The number of nitrogens with one attached hydrogen (secondary N) is 1. The number of rotatable bonds is 4. The summed E-state index contributed by atoms with van der Waals surface area (Å²) in [6.45, 7) is 3.39. The first-order chi connectivity index (χ1) is 16.6. The molecular weight excluding hydrogens is 432 g/mol. The first kappa shape index (κ1) is 20.9. The second kappa shape index (κ2) is 8.29. The van der Waals surface area contributed by atoms with Gasteiger partial charge in [-0.15, -0.1) is 0 Å². The molecule has 6 rings (SSSR count). The highest BCUT2D eigenvalue weighted by Crippen LogP contribution is 2.45. The molecule has 0 saturated heterocycles. The second-order valence-corrected chi connectivity index (χ2v) is 8.99. The molecule has 2 unspecified atom stereocenters. The quantitative estimate of drug-likeness (QED) is 0.634. The van der Waals surface area contributed by atoms with Crippen molar-refractivity contribution in [1.29, 1.82) is 0 Å². The van der Waals surface area contributed by atoms with Crippen LogP contribution in [0, 0.1) is 6.92 Å². The third-order valence-corrected chi connectivity index (χ3v) is 6.67. The number of hydrogen-bond donors (Lipinski definition) is 1. The number of aromatic nitrogens is 3. The average molecular weight is 459 g/mol. The predicted octanol–water partition coefficient (Wildman–Crippen LogP) is 3.92. The summed E-state index contributed by atoms with van der Waals surface area (Å²) in [5.74, 6) is 2.82. The van der Waals surface area contributed by atoms with Gasteiger partial charge in [-0.1, -0.05) is 35.9 Å². The summed E-state index contributed by atoms with van der Waals surface area (Å²) in [5, 5.41) is 8.10. The Morgan fingerprint density at radius 3 is 2.62 bits per heavy atom. The fourth-order valence-electron chi connectivity index (χ4n) is 5.06. The topological polar surface area (TPSA) is 87.5 Å². The Morgan fingerprint density at radius 2 is 1.82 bits per heavy atom. The number of carbonyl (C=O) groups is 1. The molecule has 174 valence electrons. The molecule has 8 nitrogen and oxygen atoms in total. The monoisotopic (exact) mass is 458 g/mol. The standard InChI is InChI=1S/C26H26N4O4/c1-15-3-5-16(6-4-15)18-11-19-24(20(31)12-18)25(30-26(27-19)28-23(29-30)14-32-2)17-7-8-21-22(13-17)34-10-9-33-21/h3-8,13,18,25H,9-12,14H2,1-2H3,(H,27,28,29). The Balaban J connectivity index is 1.44. The number of nitrogens with zero attached hydrogens (tertiary/aromatic N) is 3. The van der Waals surface area contributed by atoms with Crippen molar-refractivity contribution in [3.8, 4) is 11.5 Å². The van der Waals surface area contributed by atoms with Crippen LogP contribution in [0.4, 0.5) is 5.95 Å². The molecule has 8 heteroatoms. The number of allylic oxidation sites excluding steroid dienone is 2. The van der Waals surface area contributed by atoms with Gasteiger partial charge in [-0.25, -0.2) is 4.68 Å². The van der Waals surface area contributed by atoms with Crippen molar-refractivity contribution < 1.29 is 19.0 Å². The van der Waals surface area contributed by atoms with Crippen molar-refractivity contribution in [2.75, 3.05) is 25.6 Å². The number of hydrogen-bond acceptors (Lipinski definition) is 7. The lowest BCUT2D eigenvalue weighted by Crippen LogP contribution is -2.33. The molecule has 0 amide bonds. The van der Waals surface area contributed by atoms with Crippen LogP contribution in [0.3, 0.4) is 0 Å². The van der Waals surface area contributed by atoms with Crippen molar-refractivity contribution in [3.63, 3.8) is 0 Å². The van der Waals surface area contributed by atoms with Gasteiger partial charge in [-0.05, 0) is 42.5 Å². The zero-order valence-electron chi connectivity index (χ0n) is 19.2. The second-order valence-electron chi connectivity index (χ2n) is 8.99. The van der Waals surface area contributed by atoms with E-state index in [1.807, 2.05) is 18.2 Å². The van der Waals surface area contributed by atoms with Crippen LogP contribution < -0.4 is 14.8 Å². The Hall–Kier alpha value is -3.65. The summed E-state index contributed by atoms with van der Waals surface area (Å²) < 4.78 is 18.6. The number of aryl methyl sites for hydroxylation is 1. The van der Waals surface area contributed by atoms with Gasteiger partial charge in [-0.3, -0.25) is 4.79 Å². The molecule has 0 fully saturated rings. The minimum Gasteiger partial charge on any atom is -0.486 e. The summed E-state index contributed by atoms with van der Waals surface area (Å²) in [4.78, 5) is 18.3. The summed E-state index contributed by atoms with van der Waals surface area (Å²) >= 11 is 0. The maximum absolute atomic E-state index is 13.7. The average Bonchev–Trinajstić information content (AvgIpc) is 3.25. The van der Waals surface area contributed by atoms with E-state index in [2.05, 4.69) is 46.6 Å². The maximum atomic E-state index is 13.7. The van der Waals surface area contributed by atoms with E-state index >= 15 is 0 Å². The molecule has 1 N–H and O–H groups in total. The molecular formula is C26H26N4O4. The maximum Gasteiger partial charge on any atom is 0.226 e. The molecule has 3 aromatic rings. The first-order valence-corrected chi connectivity index (χ1v) is 11.5. The molecule has 1 aromatic heterocycles. The van der Waals surface area contributed by atoms with Gasteiger partial charge in [0.2, 0.25) is 5.95 Å². The van der Waals surface area contributed by atoms with Crippen LogP contribution in [0.25, 0.3) is 0 Å². The molecule has 2 aromatic carbocycles. The van der Waals surface area contributed by atoms with Crippen LogP contribution in [0.15, 0.2) is 53.7 Å². The van der Waals surface area contributed by atoms with E-state index in [9.17, 15) is 4.79 Å². The van der Waals surface area contributed by atoms with Gasteiger partial charge >= 0.3 is 0 Å². The first-order valence-electron chi connectivity index (χ1n) is 11.5. The highest BCUT2D eigenvalue weighted by molar-refractivity contribution is 6.00. The van der Waals surface area contributed by atoms with Gasteiger partial charge in [0.05, 0.1) is 0 Å². The van der Waals surface area contributed by atoms with Crippen molar-refractivity contribution in [1.82, 2.24) is 14.8 Å². The normalized spacial score (nSPS) is 21.1. The van der Waals surface area contributed by atoms with Gasteiger partial charge in [0.1, 0.15) is 25.9 Å². The smallest absolute Gasteiger partial charge is 0.226 e. The lowest BCUT2D eigenvalue weighted by Gasteiger charge is -2.35. The van der Waals surface area contributed by atoms with E-state index in [1.54, 1.807) is 11.8 Å². The predicted molar refractivity (Wildman–Crippen MR) is 125 cm³/mol. The third-order valence-electron chi connectivity index (χ3n) is 6.67. The van der Waals surface area contributed by atoms with Crippen molar-refractivity contribution in [3.05, 3.63) is 76.2 Å². The summed E-state index contributed by atoms with van der Waals surface area (Å²) in [5.41, 5.74) is 4.94. The SMILES string of the molecule is COCc1nc2n(n1)C(c1ccc3c(c1)OCCO3)C1=C(CC(c3ccc(C)cc3)CC1=O)N2. The van der Waals surface area contributed by atoms with Gasteiger partial charge in [-0.2, -0.15) is 10.1 Å². The molecule has 34 heavy (non-hydrogen) atoms. The number of carbonyl (C=O) groups excluding carboxylic acids is 1. The Morgan fingerprint density at radius 1 is 1.06 bits per heavy atom. The molecule has 2 aliphatic heterocycles. The largest absolute Gasteiger partial charge is 0.486 e. The summed E-state index contributed by atoms with van der Waals surface area (Å²) in [6, 6.07) is 13.9. The van der Waals surface area contributed by atoms with Crippen LogP contribution in [-0.4, -0.2) is 40.9 Å². The fraction of sp³-hybridized carbons (Fsp3) is 0.346. The molecule has 0 spiro atoms. The van der Waals surface area contributed by atoms with E-state index in [1.165, 1.54) is 11.1 Å². The minimum atomic E-state index is -0.397. The highest BCUT2D eigenvalue weighted by atomic mass is 16.6. The Bertz CT molecular complexity index is 1290. The van der Waals surface area contributed by atoms with Crippen molar-refractivity contribution in [2.24, 2.45) is 0 Å². The number of fused-ring (bicyclic) bond motifs is 2. The number of benzene rings is 2. The van der Waals surface area contributed by atoms with Crippen LogP contribution in [0.1, 0.15) is 47.3 Å². The number of ketones is 1. The van der Waals surface area contributed by atoms with E-state index < -0.39 is 6.04 Å². The molecule has 3 heterocycles. The lowest BCUT2D eigenvalue weighted by molar-refractivity contribution is -0.116. The number of Topliss-reactive ketones (excluding diaryl/α,β-unsaturated/α-hetero) is 1. The number of methoxy groups -OCH3 is 1. The van der Waals surface area contributed by atoms with E-state index in [0.717, 1.165) is 23.3 Å². The lowest BCUT2D eigenvalue weighted by atomic mass is 9.78. The molecule has 3 aliphatic rings. The Labute approximate surface area is 197 Å². The fourth-order valence-corrected chi connectivity index (χ4v) is 5.06. The van der Waals surface area contributed by atoms with Crippen molar-refractivity contribution in [2.45, 2.75) is 38.3 Å². The van der Waals surface area contributed by atoms with Crippen LogP contribution in [-0.2, 0) is 16.1 Å². The Kier molecular flexibility index (Phi) is 5.10. The molecule has 0 radical (unpaired) electrons. The third kappa shape index (κ3) is 3.54. The van der Waals surface area contributed by atoms with Crippen LogP contribution in [0.5, 0.6) is 11.5 Å². The van der Waals surface area contributed by atoms with Gasteiger partial charge < -0.3 is 19.5 Å². The molecule has 0 saturated carbocycles. The zero-order valence-corrected chi connectivity index (χ0v) is 19.2. The van der Waals surface area contributed by atoms with E-state index in [-0.39, 0.29) is 11.7 Å². The molecule has 0 bridgehead atoms. The summed E-state index contributed by atoms with van der Waals surface area (Å²) in [7, 11) is 1.62. The highest BCUT2D eigenvalue weighted by Gasteiger charge is 2.40. The molecule has 2 atom stereocenters. The van der Waals surface area contributed by atoms with Crippen LogP contribution in [0.2, 0.25) is 0 Å². The van der Waals surface area contributed by atoms with Gasteiger partial charge in [0.15, 0.2) is 23.1 Å².